The van der Waals surface area contributed by atoms with Gasteiger partial charge in [0.05, 0.1) is 19.1 Å². The number of nitro benzene ring substituents is 1. The van der Waals surface area contributed by atoms with Gasteiger partial charge in [-0.2, -0.15) is 0 Å². The largest absolute Gasteiger partial charge is 0.490 e. The van der Waals surface area contributed by atoms with Crippen molar-refractivity contribution in [3.63, 3.8) is 0 Å². The Balaban J connectivity index is 2.35. The minimum absolute atomic E-state index is 0.0705. The molecule has 2 aromatic rings. The van der Waals surface area contributed by atoms with Gasteiger partial charge in [-0.15, -0.1) is 0 Å². The van der Waals surface area contributed by atoms with Gasteiger partial charge in [0, 0.05) is 5.56 Å². The van der Waals surface area contributed by atoms with Crippen LogP contribution < -0.4 is 9.47 Å². The molecule has 0 aliphatic rings. The summed E-state index contributed by atoms with van der Waals surface area (Å²) in [6.45, 7) is 0. The number of benzene rings is 2. The molecule has 118 valence electrons. The van der Waals surface area contributed by atoms with Crippen molar-refractivity contribution in [3.05, 3.63) is 69.8 Å². The lowest BCUT2D eigenvalue weighted by Gasteiger charge is -2.07. The summed E-state index contributed by atoms with van der Waals surface area (Å²) in [7, 11) is 2.68. The van der Waals surface area contributed by atoms with E-state index in [0.717, 1.165) is 0 Å². The lowest BCUT2D eigenvalue weighted by Crippen LogP contribution is -1.98. The first-order valence-electron chi connectivity index (χ1n) is 6.74. The normalized spacial score (nSPS) is 10.5. The molecule has 0 radical (unpaired) electrons. The van der Waals surface area contributed by atoms with Gasteiger partial charge in [-0.25, -0.2) is 0 Å². The molecule has 0 aliphatic heterocycles. The highest BCUT2D eigenvalue weighted by Gasteiger charge is 2.22. The number of hydrogen-bond acceptors (Lipinski definition) is 5. The number of nitro groups is 1. The molecule has 0 saturated heterocycles. The van der Waals surface area contributed by atoms with Crippen molar-refractivity contribution in [3.8, 4) is 11.5 Å². The summed E-state index contributed by atoms with van der Waals surface area (Å²) < 4.78 is 10.1. The van der Waals surface area contributed by atoms with Crippen LogP contribution in [0.5, 0.6) is 11.5 Å². The summed E-state index contributed by atoms with van der Waals surface area (Å²) in [6.07, 6.45) is 2.96. The van der Waals surface area contributed by atoms with E-state index in [2.05, 4.69) is 0 Å². The van der Waals surface area contributed by atoms with Crippen molar-refractivity contribution in [1.82, 2.24) is 0 Å². The van der Waals surface area contributed by atoms with Crippen LogP contribution in [0.1, 0.15) is 15.9 Å². The number of carbonyl (C=O) groups excluding carboxylic acids is 1. The number of nitrogens with zero attached hydrogens (tertiary/aromatic N) is 1. The second-order valence-corrected chi connectivity index (χ2v) is 4.59. The predicted molar refractivity (Wildman–Crippen MR) is 86.0 cm³/mol. The average molecular weight is 313 g/mol. The highest BCUT2D eigenvalue weighted by Crippen LogP contribution is 2.38. The van der Waals surface area contributed by atoms with Gasteiger partial charge in [0.1, 0.15) is 0 Å². The molecule has 2 aromatic carbocycles. The van der Waals surface area contributed by atoms with Gasteiger partial charge in [0.25, 0.3) is 0 Å². The third-order valence-electron chi connectivity index (χ3n) is 3.17. The first-order valence-corrected chi connectivity index (χ1v) is 6.74. The van der Waals surface area contributed by atoms with E-state index in [1.165, 1.54) is 32.4 Å². The third kappa shape index (κ3) is 3.74. The number of allylic oxidation sites excluding steroid dienone is 1. The Hall–Kier alpha value is -3.15. The number of ketones is 1. The van der Waals surface area contributed by atoms with Crippen LogP contribution in [0.25, 0.3) is 6.08 Å². The number of carbonyl (C=O) groups is 1. The van der Waals surface area contributed by atoms with Crippen LogP contribution >= 0.6 is 0 Å². The van der Waals surface area contributed by atoms with Crippen LogP contribution in [0, 0.1) is 10.1 Å². The lowest BCUT2D eigenvalue weighted by molar-refractivity contribution is -0.386. The minimum atomic E-state index is -0.569. The second-order valence-electron chi connectivity index (χ2n) is 4.59. The predicted octanol–water partition coefficient (Wildman–Crippen LogP) is 3.51. The van der Waals surface area contributed by atoms with Crippen molar-refractivity contribution < 1.29 is 19.2 Å². The van der Waals surface area contributed by atoms with Crippen LogP contribution in [0.15, 0.2) is 48.5 Å². The molecule has 2 rings (SSSR count). The summed E-state index contributed by atoms with van der Waals surface area (Å²) in [5.41, 5.74) is 0.875. The molecule has 0 aromatic heterocycles. The molecule has 0 aliphatic carbocycles. The van der Waals surface area contributed by atoms with E-state index >= 15 is 0 Å². The number of ether oxygens (including phenoxy) is 2. The molecule has 6 heteroatoms. The fourth-order valence-corrected chi connectivity index (χ4v) is 2.06. The van der Waals surface area contributed by atoms with Crippen molar-refractivity contribution in [2.24, 2.45) is 0 Å². The molecule has 0 amide bonds. The fraction of sp³-hybridized carbons (Fsp3) is 0.118. The zero-order chi connectivity index (χ0) is 16.8. The molecular formula is C17H15NO5. The molecule has 0 fully saturated rings. The maximum Gasteiger partial charge on any atom is 0.352 e. The summed E-state index contributed by atoms with van der Waals surface area (Å²) in [4.78, 5) is 22.6. The van der Waals surface area contributed by atoms with Gasteiger partial charge >= 0.3 is 5.69 Å². The average Bonchev–Trinajstić information content (AvgIpc) is 2.59. The highest BCUT2D eigenvalue weighted by molar-refractivity contribution is 6.06. The molecule has 0 bridgehead atoms. The summed E-state index contributed by atoms with van der Waals surface area (Å²) >= 11 is 0. The fourth-order valence-electron chi connectivity index (χ4n) is 2.06. The monoisotopic (exact) mass is 313 g/mol. The van der Waals surface area contributed by atoms with Crippen LogP contribution in [-0.2, 0) is 0 Å². The van der Waals surface area contributed by atoms with Crippen molar-refractivity contribution in [1.29, 1.82) is 0 Å². The maximum absolute atomic E-state index is 12.0. The topological polar surface area (TPSA) is 78.7 Å². The molecule has 0 spiro atoms. The van der Waals surface area contributed by atoms with Crippen LogP contribution in [-0.4, -0.2) is 24.9 Å². The van der Waals surface area contributed by atoms with Gasteiger partial charge in [0.2, 0.25) is 11.5 Å². The first-order chi connectivity index (χ1) is 11.1. The van der Waals surface area contributed by atoms with E-state index in [0.29, 0.717) is 11.1 Å². The zero-order valence-electron chi connectivity index (χ0n) is 12.7. The minimum Gasteiger partial charge on any atom is -0.490 e. The van der Waals surface area contributed by atoms with E-state index in [1.807, 2.05) is 6.07 Å². The molecule has 6 nitrogen and oxygen atoms in total. The van der Waals surface area contributed by atoms with E-state index in [-0.39, 0.29) is 23.0 Å². The van der Waals surface area contributed by atoms with E-state index in [1.54, 1.807) is 30.3 Å². The number of methoxy groups -OCH3 is 2. The van der Waals surface area contributed by atoms with Crippen molar-refractivity contribution >= 4 is 17.5 Å². The summed E-state index contributed by atoms with van der Waals surface area (Å²) in [6, 6.07) is 11.8. The molecule has 0 heterocycles. The van der Waals surface area contributed by atoms with Crippen LogP contribution in [0.4, 0.5) is 5.69 Å². The van der Waals surface area contributed by atoms with Crippen molar-refractivity contribution in [2.45, 2.75) is 0 Å². The Labute approximate surface area is 133 Å². The quantitative estimate of drug-likeness (QED) is 0.353. The van der Waals surface area contributed by atoms with E-state index < -0.39 is 4.92 Å². The Morgan fingerprint density at radius 3 is 2.13 bits per heavy atom. The SMILES string of the molecule is COc1cc(C=CC(=O)c2ccccc2)cc(OC)c1[N+](=O)[O-]. The number of rotatable bonds is 6. The zero-order valence-corrected chi connectivity index (χ0v) is 12.7. The number of hydrogen-bond donors (Lipinski definition) is 0. The smallest absolute Gasteiger partial charge is 0.352 e. The standard InChI is InChI=1S/C17H15NO5/c1-22-15-10-12(11-16(23-2)17(15)18(20)21)8-9-14(19)13-6-4-3-5-7-13/h3-11H,1-2H3. The molecular weight excluding hydrogens is 298 g/mol. The summed E-state index contributed by atoms with van der Waals surface area (Å²) in [5, 5.41) is 11.1. The summed E-state index contributed by atoms with van der Waals surface area (Å²) in [5.74, 6) is -0.0239. The molecule has 0 N–H and O–H groups in total. The molecule has 0 atom stereocenters. The van der Waals surface area contributed by atoms with Crippen LogP contribution in [0.2, 0.25) is 0 Å². The highest BCUT2D eigenvalue weighted by atomic mass is 16.6. The van der Waals surface area contributed by atoms with Gasteiger partial charge in [-0.1, -0.05) is 36.4 Å². The van der Waals surface area contributed by atoms with Crippen molar-refractivity contribution in [2.75, 3.05) is 14.2 Å². The van der Waals surface area contributed by atoms with Gasteiger partial charge < -0.3 is 9.47 Å². The van der Waals surface area contributed by atoms with Crippen LogP contribution in [0.3, 0.4) is 0 Å². The van der Waals surface area contributed by atoms with Gasteiger partial charge in [0.15, 0.2) is 5.78 Å². The maximum atomic E-state index is 12.0. The third-order valence-corrected chi connectivity index (χ3v) is 3.17. The Bertz CT molecular complexity index is 728. The van der Waals surface area contributed by atoms with E-state index in [9.17, 15) is 14.9 Å². The second kappa shape index (κ2) is 7.22. The van der Waals surface area contributed by atoms with E-state index in [4.69, 9.17) is 9.47 Å². The van der Waals surface area contributed by atoms with Gasteiger partial charge in [-0.3, -0.25) is 14.9 Å². The molecule has 0 unspecified atom stereocenters. The molecule has 23 heavy (non-hydrogen) atoms. The molecule has 0 saturated carbocycles. The lowest BCUT2D eigenvalue weighted by atomic mass is 10.1. The van der Waals surface area contributed by atoms with Gasteiger partial charge in [-0.05, 0) is 23.8 Å². The first kappa shape index (κ1) is 16.2. The Kier molecular flexibility index (Phi) is 5.09. The Morgan fingerprint density at radius 1 is 1.09 bits per heavy atom. The Morgan fingerprint density at radius 2 is 1.65 bits per heavy atom.